The first-order valence-corrected chi connectivity index (χ1v) is 11.0. The van der Waals surface area contributed by atoms with Crippen LogP contribution in [0, 0.1) is 5.92 Å². The van der Waals surface area contributed by atoms with E-state index in [1.54, 1.807) is 24.1 Å². The van der Waals surface area contributed by atoms with E-state index in [-0.39, 0.29) is 24.0 Å². The van der Waals surface area contributed by atoms with Gasteiger partial charge in [0.15, 0.2) is 0 Å². The summed E-state index contributed by atoms with van der Waals surface area (Å²) in [5.41, 5.74) is 2.20. The lowest BCUT2D eigenvalue weighted by atomic mass is 9.96. The van der Waals surface area contributed by atoms with E-state index in [9.17, 15) is 4.79 Å². The average Bonchev–Trinajstić information content (AvgIpc) is 3.43. The molecule has 156 valence electrons. The van der Waals surface area contributed by atoms with Crippen LogP contribution in [-0.4, -0.2) is 36.5 Å². The number of thioether (sulfide) groups is 1. The van der Waals surface area contributed by atoms with Gasteiger partial charge in [-0.1, -0.05) is 61.2 Å². The highest BCUT2D eigenvalue weighted by Crippen LogP contribution is 2.43. The van der Waals surface area contributed by atoms with Crippen molar-refractivity contribution in [1.82, 2.24) is 4.90 Å². The summed E-state index contributed by atoms with van der Waals surface area (Å²) in [7, 11) is 0. The maximum absolute atomic E-state index is 12.8. The number of hydrogen-bond donors (Lipinski definition) is 0. The average molecular weight is 424 g/mol. The predicted molar refractivity (Wildman–Crippen MR) is 118 cm³/mol. The molecule has 0 spiro atoms. The fourth-order valence-corrected chi connectivity index (χ4v) is 4.96. The molecule has 2 unspecified atom stereocenters. The molecular weight excluding hydrogens is 398 g/mol. The van der Waals surface area contributed by atoms with Crippen LogP contribution < -0.4 is 4.74 Å². The molecule has 0 aliphatic carbocycles. The Balaban J connectivity index is 1.58. The molecule has 2 atom stereocenters. The first kappa shape index (κ1) is 20.4. The van der Waals surface area contributed by atoms with E-state index in [0.717, 1.165) is 23.5 Å². The molecule has 0 radical (unpaired) electrons. The Kier molecular flexibility index (Phi) is 6.64. The quantitative estimate of drug-likeness (QED) is 0.555. The van der Waals surface area contributed by atoms with Crippen LogP contribution in [0.25, 0.3) is 0 Å². The van der Waals surface area contributed by atoms with Crippen molar-refractivity contribution in [3.8, 4) is 5.75 Å². The number of carbonyl (C=O) groups excluding carboxylic acids is 1. The summed E-state index contributed by atoms with van der Waals surface area (Å²) in [5.74, 6) is 2.17. The first-order chi connectivity index (χ1) is 14.8. The molecule has 0 bridgehead atoms. The second-order valence-electron chi connectivity index (χ2n) is 7.18. The van der Waals surface area contributed by atoms with Crippen LogP contribution in [0.1, 0.15) is 16.5 Å². The van der Waals surface area contributed by atoms with Crippen molar-refractivity contribution in [2.75, 3.05) is 25.7 Å². The summed E-state index contributed by atoms with van der Waals surface area (Å²) in [4.78, 5) is 14.8. The van der Waals surface area contributed by atoms with Gasteiger partial charge in [0, 0.05) is 18.0 Å². The maximum Gasteiger partial charge on any atom is 0.233 e. The standard InChI is InChI=1S/C24H25NO4S/c1-2-12-28-21-11-7-6-10-20(21)24-25(23(26)16-30-24)14-19(22-15-27-17-29-22)13-18-8-4-3-5-9-18/h2-11,15,19,24H,1,12-14,16-17H2. The Morgan fingerprint density at radius 1 is 1.20 bits per heavy atom. The molecular formula is C24H25NO4S. The summed E-state index contributed by atoms with van der Waals surface area (Å²) in [6, 6.07) is 18.2. The third-order valence-electron chi connectivity index (χ3n) is 5.15. The number of ether oxygens (including phenoxy) is 3. The van der Waals surface area contributed by atoms with E-state index in [1.165, 1.54) is 5.56 Å². The molecule has 0 aromatic heterocycles. The maximum atomic E-state index is 12.8. The molecule has 2 heterocycles. The monoisotopic (exact) mass is 423 g/mol. The zero-order chi connectivity index (χ0) is 20.8. The smallest absolute Gasteiger partial charge is 0.233 e. The highest BCUT2D eigenvalue weighted by atomic mass is 32.2. The Bertz CT molecular complexity index is 914. The topological polar surface area (TPSA) is 48.0 Å². The van der Waals surface area contributed by atoms with Crippen molar-refractivity contribution in [3.05, 3.63) is 90.4 Å². The Labute approximate surface area is 181 Å². The lowest BCUT2D eigenvalue weighted by molar-refractivity contribution is -0.128. The van der Waals surface area contributed by atoms with Crippen molar-refractivity contribution in [1.29, 1.82) is 0 Å². The minimum absolute atomic E-state index is 0.0151. The molecule has 0 N–H and O–H groups in total. The lowest BCUT2D eigenvalue weighted by Gasteiger charge is -2.29. The van der Waals surface area contributed by atoms with Crippen LogP contribution in [0.3, 0.4) is 0 Å². The second kappa shape index (κ2) is 9.76. The summed E-state index contributed by atoms with van der Waals surface area (Å²) in [6.45, 7) is 4.93. The Morgan fingerprint density at radius 3 is 2.77 bits per heavy atom. The van der Waals surface area contributed by atoms with Gasteiger partial charge < -0.3 is 19.1 Å². The fourth-order valence-electron chi connectivity index (χ4n) is 3.73. The molecule has 2 aromatic carbocycles. The SMILES string of the molecule is C=CCOc1ccccc1C1SCC(=O)N1CC(Cc1ccccc1)C1=COCO1. The molecule has 0 saturated carbocycles. The van der Waals surface area contributed by atoms with Crippen LogP contribution in [0.2, 0.25) is 0 Å². The number of rotatable bonds is 9. The van der Waals surface area contributed by atoms with E-state index in [4.69, 9.17) is 14.2 Å². The van der Waals surface area contributed by atoms with Crippen LogP contribution in [0.15, 0.2) is 79.3 Å². The molecule has 2 aliphatic heterocycles. The third kappa shape index (κ3) is 4.65. The van der Waals surface area contributed by atoms with E-state index in [2.05, 4.69) is 18.7 Å². The van der Waals surface area contributed by atoms with Gasteiger partial charge in [-0.05, 0) is 18.1 Å². The molecule has 4 rings (SSSR count). The fraction of sp³-hybridized carbons (Fsp3) is 0.292. The number of para-hydroxylation sites is 1. The molecule has 6 heteroatoms. The summed E-state index contributed by atoms with van der Waals surface area (Å²) < 4.78 is 16.9. The summed E-state index contributed by atoms with van der Waals surface area (Å²) in [5, 5.41) is -0.0975. The van der Waals surface area contributed by atoms with Crippen molar-refractivity contribution in [2.45, 2.75) is 11.8 Å². The Morgan fingerprint density at radius 2 is 2.00 bits per heavy atom. The Hall–Kier alpha value is -2.86. The van der Waals surface area contributed by atoms with Gasteiger partial charge in [-0.15, -0.1) is 11.8 Å². The molecule has 1 amide bonds. The summed E-state index contributed by atoms with van der Waals surface area (Å²) in [6.07, 6.45) is 4.17. The molecule has 2 aliphatic rings. The minimum atomic E-state index is -0.0975. The summed E-state index contributed by atoms with van der Waals surface area (Å²) >= 11 is 1.63. The normalized spacial score (nSPS) is 19.1. The lowest BCUT2D eigenvalue weighted by Crippen LogP contribution is -2.35. The zero-order valence-corrected chi connectivity index (χ0v) is 17.6. The van der Waals surface area contributed by atoms with Crippen molar-refractivity contribution < 1.29 is 19.0 Å². The highest BCUT2D eigenvalue weighted by Gasteiger charge is 2.37. The van der Waals surface area contributed by atoms with Gasteiger partial charge >= 0.3 is 0 Å². The van der Waals surface area contributed by atoms with E-state index in [1.807, 2.05) is 47.4 Å². The van der Waals surface area contributed by atoms with Gasteiger partial charge in [0.1, 0.15) is 29.8 Å². The van der Waals surface area contributed by atoms with Gasteiger partial charge in [-0.25, -0.2) is 0 Å². The highest BCUT2D eigenvalue weighted by molar-refractivity contribution is 8.00. The molecule has 2 aromatic rings. The number of carbonyl (C=O) groups is 1. The van der Waals surface area contributed by atoms with E-state index >= 15 is 0 Å². The van der Waals surface area contributed by atoms with Crippen LogP contribution >= 0.6 is 11.8 Å². The molecule has 5 nitrogen and oxygen atoms in total. The second-order valence-corrected chi connectivity index (χ2v) is 8.25. The first-order valence-electron chi connectivity index (χ1n) is 9.98. The van der Waals surface area contributed by atoms with Crippen LogP contribution in [0.5, 0.6) is 5.75 Å². The minimum Gasteiger partial charge on any atom is -0.489 e. The number of amides is 1. The third-order valence-corrected chi connectivity index (χ3v) is 6.39. The predicted octanol–water partition coefficient (Wildman–Crippen LogP) is 4.53. The van der Waals surface area contributed by atoms with Gasteiger partial charge in [0.05, 0.1) is 5.75 Å². The molecule has 1 fully saturated rings. The van der Waals surface area contributed by atoms with Crippen LogP contribution in [-0.2, 0) is 20.7 Å². The van der Waals surface area contributed by atoms with Gasteiger partial charge in [-0.2, -0.15) is 0 Å². The van der Waals surface area contributed by atoms with E-state index < -0.39 is 0 Å². The van der Waals surface area contributed by atoms with Crippen molar-refractivity contribution in [2.24, 2.45) is 5.92 Å². The van der Waals surface area contributed by atoms with Crippen molar-refractivity contribution >= 4 is 17.7 Å². The van der Waals surface area contributed by atoms with Gasteiger partial charge in [-0.3, -0.25) is 4.79 Å². The van der Waals surface area contributed by atoms with Gasteiger partial charge in [0.25, 0.3) is 0 Å². The van der Waals surface area contributed by atoms with Crippen LogP contribution in [0.4, 0.5) is 0 Å². The number of nitrogens with zero attached hydrogens (tertiary/aromatic N) is 1. The molecule has 1 saturated heterocycles. The molecule has 30 heavy (non-hydrogen) atoms. The van der Waals surface area contributed by atoms with Crippen molar-refractivity contribution in [3.63, 3.8) is 0 Å². The number of benzene rings is 2. The van der Waals surface area contributed by atoms with Gasteiger partial charge in [0.2, 0.25) is 12.7 Å². The van der Waals surface area contributed by atoms with E-state index in [0.29, 0.717) is 18.9 Å². The number of hydrogen-bond acceptors (Lipinski definition) is 5. The zero-order valence-electron chi connectivity index (χ0n) is 16.7. The largest absolute Gasteiger partial charge is 0.489 e.